The van der Waals surface area contributed by atoms with Gasteiger partial charge in [0.25, 0.3) is 4.82 Å². The Morgan fingerprint density at radius 2 is 2.27 bits per heavy atom. The van der Waals surface area contributed by atoms with Crippen LogP contribution in [0.1, 0.15) is 5.56 Å². The third-order valence-electron chi connectivity index (χ3n) is 2.36. The summed E-state index contributed by atoms with van der Waals surface area (Å²) in [6.07, 6.45) is 0.382. The molecule has 5 heteroatoms. The minimum absolute atomic E-state index is 0.00466. The Kier molecular flexibility index (Phi) is 2.48. The van der Waals surface area contributed by atoms with Gasteiger partial charge in [0.1, 0.15) is 0 Å². The highest BCUT2D eigenvalue weighted by molar-refractivity contribution is 9.18. The molecule has 1 aromatic rings. The number of hydrogen-bond acceptors (Lipinski definition) is 2. The molecule has 2 amide bonds. The molecule has 0 fully saturated rings. The fourth-order valence-electron chi connectivity index (χ4n) is 1.53. The molecule has 78 valence electrons. The van der Waals surface area contributed by atoms with Crippen LogP contribution in [-0.2, 0) is 11.2 Å². The number of benzene rings is 1. The molecule has 0 aliphatic carbocycles. The van der Waals surface area contributed by atoms with Gasteiger partial charge in [0, 0.05) is 34.4 Å². The van der Waals surface area contributed by atoms with Crippen LogP contribution in [-0.4, -0.2) is 17.8 Å². The van der Waals surface area contributed by atoms with E-state index in [9.17, 15) is 9.59 Å². The maximum Gasteiger partial charge on any atom is 0.293 e. The summed E-state index contributed by atoms with van der Waals surface area (Å²) in [7, 11) is 1.67. The lowest BCUT2D eigenvalue weighted by molar-refractivity contribution is -0.115. The van der Waals surface area contributed by atoms with Crippen molar-refractivity contribution in [3.63, 3.8) is 0 Å². The molecule has 1 aliphatic heterocycles. The maximum absolute atomic E-state index is 11.1. The zero-order valence-electron chi connectivity index (χ0n) is 8.08. The van der Waals surface area contributed by atoms with Gasteiger partial charge in [0.05, 0.1) is 6.42 Å². The van der Waals surface area contributed by atoms with E-state index in [-0.39, 0.29) is 10.7 Å². The van der Waals surface area contributed by atoms with E-state index >= 15 is 0 Å². The molecular formula is C10H9BrN2O2. The molecule has 2 rings (SSSR count). The van der Waals surface area contributed by atoms with E-state index in [1.165, 1.54) is 4.90 Å². The second kappa shape index (κ2) is 3.66. The molecule has 0 aromatic heterocycles. The summed E-state index contributed by atoms with van der Waals surface area (Å²) in [4.78, 5) is 23.4. The summed E-state index contributed by atoms with van der Waals surface area (Å²) in [5.41, 5.74) is 2.53. The van der Waals surface area contributed by atoms with E-state index < -0.39 is 0 Å². The number of hydrogen-bond donors (Lipinski definition) is 1. The van der Waals surface area contributed by atoms with Crippen LogP contribution < -0.4 is 10.2 Å². The molecule has 1 aromatic carbocycles. The van der Waals surface area contributed by atoms with Crippen molar-refractivity contribution in [2.24, 2.45) is 0 Å². The summed E-state index contributed by atoms with van der Waals surface area (Å²) < 4.78 is 0. The molecule has 0 bridgehead atoms. The lowest BCUT2D eigenvalue weighted by Crippen LogP contribution is -2.18. The Labute approximate surface area is 95.4 Å². The summed E-state index contributed by atoms with van der Waals surface area (Å²) in [6.45, 7) is 0. The van der Waals surface area contributed by atoms with Gasteiger partial charge in [-0.1, -0.05) is 0 Å². The number of nitrogens with one attached hydrogen (secondary N) is 1. The van der Waals surface area contributed by atoms with Crippen molar-refractivity contribution in [1.29, 1.82) is 0 Å². The molecule has 1 aliphatic rings. The van der Waals surface area contributed by atoms with Crippen molar-refractivity contribution in [2.45, 2.75) is 6.42 Å². The molecule has 0 atom stereocenters. The average molecular weight is 269 g/mol. The number of halogens is 1. The SMILES string of the molecule is CN(C(=O)Br)c1ccc2c(c1)CC(=O)N2. The first-order valence-electron chi connectivity index (χ1n) is 4.44. The third-order valence-corrected chi connectivity index (χ3v) is 2.90. The van der Waals surface area contributed by atoms with Crippen LogP contribution in [0.5, 0.6) is 0 Å². The quantitative estimate of drug-likeness (QED) is 0.627. The number of rotatable bonds is 1. The van der Waals surface area contributed by atoms with Gasteiger partial charge in [-0.25, -0.2) is 0 Å². The molecule has 1 heterocycles. The number of nitrogens with zero attached hydrogens (tertiary/aromatic N) is 1. The third kappa shape index (κ3) is 1.87. The van der Waals surface area contributed by atoms with E-state index in [0.717, 1.165) is 16.9 Å². The van der Waals surface area contributed by atoms with Crippen LogP contribution in [0.25, 0.3) is 0 Å². The van der Waals surface area contributed by atoms with Crippen molar-refractivity contribution in [3.05, 3.63) is 23.8 Å². The fourth-order valence-corrected chi connectivity index (χ4v) is 1.73. The summed E-state index contributed by atoms with van der Waals surface area (Å²) in [5, 5.41) is 2.74. The Hall–Kier alpha value is -1.36. The normalized spacial score (nSPS) is 13.3. The first-order valence-corrected chi connectivity index (χ1v) is 5.23. The zero-order chi connectivity index (χ0) is 11.0. The lowest BCUT2D eigenvalue weighted by atomic mass is 10.1. The molecule has 0 saturated carbocycles. The Morgan fingerprint density at radius 1 is 1.53 bits per heavy atom. The summed E-state index contributed by atoms with van der Waals surface area (Å²) in [6, 6.07) is 5.44. The van der Waals surface area contributed by atoms with E-state index in [1.807, 2.05) is 12.1 Å². The topological polar surface area (TPSA) is 49.4 Å². The predicted molar refractivity (Wildman–Crippen MR) is 61.5 cm³/mol. The number of carbonyl (C=O) groups excluding carboxylic acids is 2. The Bertz CT molecular complexity index is 445. The van der Waals surface area contributed by atoms with Gasteiger partial charge >= 0.3 is 0 Å². The van der Waals surface area contributed by atoms with Gasteiger partial charge in [-0.05, 0) is 23.8 Å². The van der Waals surface area contributed by atoms with Crippen molar-refractivity contribution >= 4 is 38.0 Å². The van der Waals surface area contributed by atoms with Crippen LogP contribution in [0.4, 0.5) is 16.2 Å². The van der Waals surface area contributed by atoms with Crippen molar-refractivity contribution < 1.29 is 9.59 Å². The highest BCUT2D eigenvalue weighted by Crippen LogP contribution is 2.27. The largest absolute Gasteiger partial charge is 0.326 e. The van der Waals surface area contributed by atoms with Gasteiger partial charge in [-0.2, -0.15) is 0 Å². The molecule has 15 heavy (non-hydrogen) atoms. The minimum Gasteiger partial charge on any atom is -0.326 e. The van der Waals surface area contributed by atoms with Gasteiger partial charge in [-0.15, -0.1) is 0 Å². The summed E-state index contributed by atoms with van der Waals surface area (Å²) in [5.74, 6) is -0.00466. The van der Waals surface area contributed by atoms with Crippen molar-refractivity contribution in [1.82, 2.24) is 0 Å². The number of fused-ring (bicyclic) bond motifs is 1. The molecule has 4 nitrogen and oxygen atoms in total. The number of carbonyl (C=O) groups is 2. The smallest absolute Gasteiger partial charge is 0.293 e. The molecule has 0 saturated heterocycles. The highest BCUT2D eigenvalue weighted by atomic mass is 79.9. The molecule has 0 spiro atoms. The van der Waals surface area contributed by atoms with Gasteiger partial charge in [0.2, 0.25) is 5.91 Å². The highest BCUT2D eigenvalue weighted by Gasteiger charge is 2.18. The standard InChI is InChI=1S/C10H9BrN2O2/c1-13(10(11)15)7-2-3-8-6(4-7)5-9(14)12-8/h2-4H,5H2,1H3,(H,12,14). The van der Waals surface area contributed by atoms with Crippen molar-refractivity contribution in [3.8, 4) is 0 Å². The first kappa shape index (κ1) is 10.2. The first-order chi connectivity index (χ1) is 7.08. The number of anilines is 2. The molecule has 1 N–H and O–H groups in total. The fraction of sp³-hybridized carbons (Fsp3) is 0.200. The van der Waals surface area contributed by atoms with Crippen molar-refractivity contribution in [2.75, 3.05) is 17.3 Å². The molecule has 0 radical (unpaired) electrons. The van der Waals surface area contributed by atoms with Crippen LogP contribution in [0, 0.1) is 0 Å². The van der Waals surface area contributed by atoms with Gasteiger partial charge < -0.3 is 10.2 Å². The Morgan fingerprint density at radius 3 is 2.93 bits per heavy atom. The van der Waals surface area contributed by atoms with Crippen LogP contribution in [0.15, 0.2) is 18.2 Å². The maximum atomic E-state index is 11.1. The molecular weight excluding hydrogens is 260 g/mol. The van der Waals surface area contributed by atoms with Crippen LogP contribution in [0.2, 0.25) is 0 Å². The van der Waals surface area contributed by atoms with Crippen LogP contribution >= 0.6 is 15.9 Å². The van der Waals surface area contributed by atoms with Gasteiger partial charge in [-0.3, -0.25) is 9.59 Å². The van der Waals surface area contributed by atoms with E-state index in [2.05, 4.69) is 21.2 Å². The predicted octanol–water partition coefficient (Wildman–Crippen LogP) is 2.13. The van der Waals surface area contributed by atoms with Crippen LogP contribution in [0.3, 0.4) is 0 Å². The zero-order valence-corrected chi connectivity index (χ0v) is 9.67. The second-order valence-electron chi connectivity index (χ2n) is 3.38. The second-order valence-corrected chi connectivity index (χ2v) is 4.06. The van der Waals surface area contributed by atoms with E-state index in [4.69, 9.17) is 0 Å². The minimum atomic E-state index is -0.209. The summed E-state index contributed by atoms with van der Waals surface area (Å²) >= 11 is 2.87. The lowest BCUT2D eigenvalue weighted by Gasteiger charge is -2.14. The number of amides is 2. The average Bonchev–Trinajstić information content (AvgIpc) is 2.55. The monoisotopic (exact) mass is 268 g/mol. The van der Waals surface area contributed by atoms with E-state index in [1.54, 1.807) is 13.1 Å². The van der Waals surface area contributed by atoms with E-state index in [0.29, 0.717) is 6.42 Å². The van der Waals surface area contributed by atoms with Gasteiger partial charge in [0.15, 0.2) is 0 Å². The molecule has 0 unspecified atom stereocenters. The Balaban J connectivity index is 2.35.